The summed E-state index contributed by atoms with van der Waals surface area (Å²) >= 11 is 0. The van der Waals surface area contributed by atoms with Gasteiger partial charge < -0.3 is 14.0 Å². The molecule has 1 fully saturated rings. The lowest BCUT2D eigenvalue weighted by atomic mass is 9.83. The van der Waals surface area contributed by atoms with Gasteiger partial charge in [0.2, 0.25) is 6.79 Å². The van der Waals surface area contributed by atoms with Crippen molar-refractivity contribution in [2.45, 2.75) is 25.4 Å². The van der Waals surface area contributed by atoms with E-state index in [1.54, 1.807) is 6.07 Å². The smallest absolute Gasteiger partial charge is 0.250 e. The highest BCUT2D eigenvalue weighted by atomic mass is 16.7. The summed E-state index contributed by atoms with van der Waals surface area (Å²) in [5.41, 5.74) is 2.60. The summed E-state index contributed by atoms with van der Waals surface area (Å²) in [4.78, 5) is 14.6. The molecule has 0 spiro atoms. The molecule has 5 nitrogen and oxygen atoms in total. The second-order valence-corrected chi connectivity index (χ2v) is 7.08. The first-order valence-electron chi connectivity index (χ1n) is 8.57. The zero-order valence-electron chi connectivity index (χ0n) is 13.5. The van der Waals surface area contributed by atoms with Gasteiger partial charge in [-0.1, -0.05) is 12.1 Å². The van der Waals surface area contributed by atoms with Gasteiger partial charge in [-0.25, -0.2) is 0 Å². The van der Waals surface area contributed by atoms with Gasteiger partial charge >= 0.3 is 0 Å². The third-order valence-electron chi connectivity index (χ3n) is 5.40. The van der Waals surface area contributed by atoms with Crippen LogP contribution in [0.25, 0.3) is 0 Å². The highest BCUT2D eigenvalue weighted by Gasteiger charge is 2.34. The van der Waals surface area contributed by atoms with Crippen LogP contribution in [0.4, 0.5) is 0 Å². The summed E-state index contributed by atoms with van der Waals surface area (Å²) in [5, 5.41) is 0. The first-order valence-corrected chi connectivity index (χ1v) is 8.57. The second kappa shape index (κ2) is 5.38. The Labute approximate surface area is 140 Å². The van der Waals surface area contributed by atoms with Gasteiger partial charge in [0.25, 0.3) is 5.56 Å². The molecule has 2 aromatic rings. The van der Waals surface area contributed by atoms with E-state index >= 15 is 0 Å². The molecule has 0 unspecified atom stereocenters. The predicted octanol–water partition coefficient (Wildman–Crippen LogP) is 2.20. The number of rotatable bonds is 2. The van der Waals surface area contributed by atoms with Crippen molar-refractivity contribution in [3.05, 3.63) is 58.0 Å². The number of benzene rings is 1. The molecule has 5 heteroatoms. The zero-order valence-corrected chi connectivity index (χ0v) is 13.5. The third-order valence-corrected chi connectivity index (χ3v) is 5.40. The molecule has 124 valence electrons. The molecule has 0 saturated carbocycles. The molecular weight excluding hydrogens is 304 g/mol. The van der Waals surface area contributed by atoms with Crippen molar-refractivity contribution in [2.75, 3.05) is 19.9 Å². The first-order chi connectivity index (χ1) is 11.8. The fourth-order valence-electron chi connectivity index (χ4n) is 4.42. The Morgan fingerprint density at radius 2 is 1.96 bits per heavy atom. The van der Waals surface area contributed by atoms with Crippen molar-refractivity contribution in [3.8, 4) is 11.5 Å². The molecule has 2 bridgehead atoms. The van der Waals surface area contributed by atoms with Crippen LogP contribution in [0.5, 0.6) is 11.5 Å². The largest absolute Gasteiger partial charge is 0.454 e. The summed E-state index contributed by atoms with van der Waals surface area (Å²) in [5.74, 6) is 2.70. The summed E-state index contributed by atoms with van der Waals surface area (Å²) in [7, 11) is 0. The van der Waals surface area contributed by atoms with Crippen LogP contribution in [0, 0.1) is 5.92 Å². The lowest BCUT2D eigenvalue weighted by Crippen LogP contribution is -2.46. The third kappa shape index (κ3) is 2.31. The molecule has 2 atom stereocenters. The maximum atomic E-state index is 12.1. The van der Waals surface area contributed by atoms with Gasteiger partial charge in [0, 0.05) is 43.9 Å². The fourth-order valence-corrected chi connectivity index (χ4v) is 4.42. The Balaban J connectivity index is 1.38. The highest BCUT2D eigenvalue weighted by molar-refractivity contribution is 5.44. The van der Waals surface area contributed by atoms with Gasteiger partial charge in [-0.05, 0) is 36.1 Å². The van der Waals surface area contributed by atoms with Crippen LogP contribution in [0.2, 0.25) is 0 Å². The van der Waals surface area contributed by atoms with Crippen LogP contribution >= 0.6 is 0 Å². The van der Waals surface area contributed by atoms with Crippen LogP contribution in [0.1, 0.15) is 23.6 Å². The molecule has 1 aromatic carbocycles. The highest BCUT2D eigenvalue weighted by Crippen LogP contribution is 2.37. The van der Waals surface area contributed by atoms with E-state index in [0.29, 0.717) is 18.6 Å². The minimum Gasteiger partial charge on any atom is -0.454 e. The summed E-state index contributed by atoms with van der Waals surface area (Å²) in [6.07, 6.45) is 1.20. The quantitative estimate of drug-likeness (QED) is 0.849. The lowest BCUT2D eigenvalue weighted by Gasteiger charge is -2.42. The molecule has 0 radical (unpaired) electrons. The van der Waals surface area contributed by atoms with Crippen LogP contribution < -0.4 is 15.0 Å². The molecule has 1 saturated heterocycles. The Hall–Kier alpha value is -2.27. The lowest BCUT2D eigenvalue weighted by molar-refractivity contribution is 0.114. The van der Waals surface area contributed by atoms with Crippen molar-refractivity contribution in [2.24, 2.45) is 5.92 Å². The van der Waals surface area contributed by atoms with Crippen molar-refractivity contribution in [1.29, 1.82) is 0 Å². The van der Waals surface area contributed by atoms with E-state index in [-0.39, 0.29) is 5.56 Å². The van der Waals surface area contributed by atoms with Crippen molar-refractivity contribution < 1.29 is 9.47 Å². The molecule has 3 aliphatic heterocycles. The van der Waals surface area contributed by atoms with Crippen molar-refractivity contribution >= 4 is 0 Å². The molecule has 0 aliphatic carbocycles. The van der Waals surface area contributed by atoms with Crippen LogP contribution in [0.15, 0.2) is 41.2 Å². The number of aromatic nitrogens is 1. The van der Waals surface area contributed by atoms with Gasteiger partial charge in [-0.15, -0.1) is 0 Å². The van der Waals surface area contributed by atoms with Crippen molar-refractivity contribution in [1.82, 2.24) is 9.47 Å². The number of hydrogen-bond donors (Lipinski definition) is 0. The Morgan fingerprint density at radius 3 is 2.92 bits per heavy atom. The van der Waals surface area contributed by atoms with Gasteiger partial charge in [-0.3, -0.25) is 9.69 Å². The molecule has 5 rings (SSSR count). The van der Waals surface area contributed by atoms with E-state index in [4.69, 9.17) is 9.47 Å². The summed E-state index contributed by atoms with van der Waals surface area (Å²) < 4.78 is 12.9. The number of likely N-dealkylation sites (tertiary alicyclic amines) is 1. The zero-order chi connectivity index (χ0) is 16.1. The molecule has 1 aromatic heterocycles. The standard InChI is InChI=1S/C19H20N2O3/c22-19-3-1-2-16-15-6-14(10-21(16)19)9-20(11-15)8-13-4-5-17-18(7-13)24-12-23-17/h1-5,7,14-15H,6,8-12H2/t14-,15-/m0/s1. The number of hydrogen-bond acceptors (Lipinski definition) is 4. The predicted molar refractivity (Wildman–Crippen MR) is 89.4 cm³/mol. The van der Waals surface area contributed by atoms with Gasteiger partial charge in [-0.2, -0.15) is 0 Å². The van der Waals surface area contributed by atoms with Gasteiger partial charge in [0.1, 0.15) is 0 Å². The minimum absolute atomic E-state index is 0.145. The van der Waals surface area contributed by atoms with Crippen molar-refractivity contribution in [3.63, 3.8) is 0 Å². The number of nitrogens with zero attached hydrogens (tertiary/aromatic N) is 2. The van der Waals surface area contributed by atoms with Gasteiger partial charge in [0.15, 0.2) is 11.5 Å². The molecule has 0 N–H and O–H groups in total. The van der Waals surface area contributed by atoms with E-state index in [2.05, 4.69) is 23.1 Å². The first kappa shape index (κ1) is 14.1. The normalized spacial score (nSPS) is 24.7. The molecule has 3 aliphatic rings. The molecule has 24 heavy (non-hydrogen) atoms. The second-order valence-electron chi connectivity index (χ2n) is 7.08. The van der Waals surface area contributed by atoms with Crippen LogP contribution in [-0.4, -0.2) is 29.3 Å². The van der Waals surface area contributed by atoms with Crippen LogP contribution in [-0.2, 0) is 13.1 Å². The van der Waals surface area contributed by atoms with E-state index in [0.717, 1.165) is 37.7 Å². The number of piperidine rings is 1. The topological polar surface area (TPSA) is 43.7 Å². The average Bonchev–Trinajstić information content (AvgIpc) is 3.03. The molecular formula is C19H20N2O3. The summed E-state index contributed by atoms with van der Waals surface area (Å²) in [6, 6.07) is 11.9. The van der Waals surface area contributed by atoms with E-state index in [1.165, 1.54) is 17.7 Å². The monoisotopic (exact) mass is 324 g/mol. The van der Waals surface area contributed by atoms with E-state index in [9.17, 15) is 4.79 Å². The molecule has 4 heterocycles. The summed E-state index contributed by atoms with van der Waals surface area (Å²) in [6.45, 7) is 4.14. The number of ether oxygens (including phenoxy) is 2. The maximum Gasteiger partial charge on any atom is 0.250 e. The Bertz CT molecular complexity index is 845. The number of fused-ring (bicyclic) bond motifs is 5. The maximum absolute atomic E-state index is 12.1. The Kier molecular flexibility index (Phi) is 3.16. The minimum atomic E-state index is 0.145. The Morgan fingerprint density at radius 1 is 1.04 bits per heavy atom. The fraction of sp³-hybridized carbons (Fsp3) is 0.421. The van der Waals surface area contributed by atoms with E-state index < -0.39 is 0 Å². The molecule has 0 amide bonds. The number of pyridine rings is 1. The van der Waals surface area contributed by atoms with Gasteiger partial charge in [0.05, 0.1) is 0 Å². The van der Waals surface area contributed by atoms with E-state index in [1.807, 2.05) is 16.7 Å². The SMILES string of the molecule is O=c1cccc2n1C[C@H]1C[C@H]2CN(Cc2ccc3c(c2)OCO3)C1. The average molecular weight is 324 g/mol. The van der Waals surface area contributed by atoms with Crippen LogP contribution in [0.3, 0.4) is 0 Å².